The van der Waals surface area contributed by atoms with Crippen molar-refractivity contribution in [3.63, 3.8) is 0 Å². The van der Waals surface area contributed by atoms with E-state index in [1.807, 2.05) is 11.3 Å². The van der Waals surface area contributed by atoms with Crippen LogP contribution in [0.15, 0.2) is 6.33 Å². The number of hydrogen-bond donors (Lipinski definition) is 1. The van der Waals surface area contributed by atoms with Crippen LogP contribution >= 0.6 is 11.3 Å². The Morgan fingerprint density at radius 2 is 2.05 bits per heavy atom. The van der Waals surface area contributed by atoms with Crippen molar-refractivity contribution in [2.75, 3.05) is 44.7 Å². The van der Waals surface area contributed by atoms with Crippen molar-refractivity contribution in [1.29, 1.82) is 0 Å². The van der Waals surface area contributed by atoms with Crippen LogP contribution in [-0.2, 0) is 13.0 Å². The van der Waals surface area contributed by atoms with E-state index in [1.165, 1.54) is 15.8 Å². The number of fused-ring (bicyclic) bond motifs is 3. The molecule has 2 aliphatic rings. The van der Waals surface area contributed by atoms with Crippen LogP contribution in [0.5, 0.6) is 0 Å². The minimum absolute atomic E-state index is 0.985. The van der Waals surface area contributed by atoms with Gasteiger partial charge in [0.05, 0.1) is 5.39 Å². The standard InChI is InChI=1S/C14H19N5S/c1-18-4-6-19(7-5-18)13-12-10-2-3-15-8-11(10)20-14(12)17-9-16-13/h9,15H,2-8H2,1H3. The predicted octanol–water partition coefficient (Wildman–Crippen LogP) is 1.09. The van der Waals surface area contributed by atoms with Gasteiger partial charge in [0.25, 0.3) is 0 Å². The fourth-order valence-corrected chi connectivity index (χ4v) is 4.25. The van der Waals surface area contributed by atoms with Crippen LogP contribution in [0.3, 0.4) is 0 Å². The lowest BCUT2D eigenvalue weighted by atomic mass is 10.1. The number of thiophene rings is 1. The molecular formula is C14H19N5S. The SMILES string of the molecule is CN1CCN(c2ncnc3sc4c(c23)CCNC4)CC1. The van der Waals surface area contributed by atoms with Crippen LogP contribution < -0.4 is 10.2 Å². The lowest BCUT2D eigenvalue weighted by molar-refractivity contribution is 0.312. The number of nitrogens with one attached hydrogen (secondary N) is 1. The first-order valence-electron chi connectivity index (χ1n) is 7.22. The summed E-state index contributed by atoms with van der Waals surface area (Å²) in [6.07, 6.45) is 2.83. The monoisotopic (exact) mass is 289 g/mol. The van der Waals surface area contributed by atoms with Gasteiger partial charge in [-0.15, -0.1) is 11.3 Å². The number of aromatic nitrogens is 2. The molecule has 4 rings (SSSR count). The molecule has 0 atom stereocenters. The highest BCUT2D eigenvalue weighted by molar-refractivity contribution is 7.19. The van der Waals surface area contributed by atoms with Gasteiger partial charge < -0.3 is 15.1 Å². The van der Waals surface area contributed by atoms with E-state index < -0.39 is 0 Å². The van der Waals surface area contributed by atoms with Crippen molar-refractivity contribution < 1.29 is 0 Å². The molecule has 0 aliphatic carbocycles. The minimum Gasteiger partial charge on any atom is -0.353 e. The molecule has 0 bridgehead atoms. The smallest absolute Gasteiger partial charge is 0.141 e. The third-order valence-electron chi connectivity index (χ3n) is 4.29. The molecule has 2 aromatic rings. The zero-order chi connectivity index (χ0) is 13.5. The van der Waals surface area contributed by atoms with E-state index >= 15 is 0 Å². The van der Waals surface area contributed by atoms with Crippen LogP contribution in [0.25, 0.3) is 10.2 Å². The van der Waals surface area contributed by atoms with Gasteiger partial charge in [-0.3, -0.25) is 0 Å². The second-order valence-electron chi connectivity index (χ2n) is 5.60. The van der Waals surface area contributed by atoms with Crippen LogP contribution in [0.1, 0.15) is 10.4 Å². The average molecular weight is 289 g/mol. The maximum Gasteiger partial charge on any atom is 0.141 e. The molecular weight excluding hydrogens is 270 g/mol. The van der Waals surface area contributed by atoms with Gasteiger partial charge >= 0.3 is 0 Å². The van der Waals surface area contributed by atoms with Crippen molar-refractivity contribution >= 4 is 27.4 Å². The van der Waals surface area contributed by atoms with E-state index in [0.717, 1.165) is 56.3 Å². The maximum absolute atomic E-state index is 4.62. The van der Waals surface area contributed by atoms with Crippen molar-refractivity contribution in [3.8, 4) is 0 Å². The van der Waals surface area contributed by atoms with Crippen LogP contribution in [0, 0.1) is 0 Å². The molecule has 1 N–H and O–H groups in total. The van der Waals surface area contributed by atoms with E-state index in [-0.39, 0.29) is 0 Å². The van der Waals surface area contributed by atoms with Crippen molar-refractivity contribution in [2.24, 2.45) is 0 Å². The Hall–Kier alpha value is -1.24. The van der Waals surface area contributed by atoms with Gasteiger partial charge in [0, 0.05) is 37.6 Å². The number of likely N-dealkylation sites (N-methyl/N-ethyl adjacent to an activating group) is 1. The number of nitrogens with zero attached hydrogens (tertiary/aromatic N) is 4. The predicted molar refractivity (Wildman–Crippen MR) is 82.5 cm³/mol. The summed E-state index contributed by atoms with van der Waals surface area (Å²) in [4.78, 5) is 16.5. The highest BCUT2D eigenvalue weighted by Gasteiger charge is 2.23. The summed E-state index contributed by atoms with van der Waals surface area (Å²) >= 11 is 1.83. The van der Waals surface area contributed by atoms with E-state index in [4.69, 9.17) is 0 Å². The first-order chi connectivity index (χ1) is 9.83. The van der Waals surface area contributed by atoms with Gasteiger partial charge in [-0.25, -0.2) is 9.97 Å². The molecule has 6 heteroatoms. The average Bonchev–Trinajstić information content (AvgIpc) is 2.86. The van der Waals surface area contributed by atoms with Gasteiger partial charge in [0.1, 0.15) is 17.0 Å². The van der Waals surface area contributed by atoms with Gasteiger partial charge in [0.2, 0.25) is 0 Å². The van der Waals surface area contributed by atoms with Gasteiger partial charge in [-0.05, 0) is 25.6 Å². The molecule has 0 unspecified atom stereocenters. The molecule has 2 aromatic heterocycles. The summed E-state index contributed by atoms with van der Waals surface area (Å²) < 4.78 is 0. The van der Waals surface area contributed by atoms with Gasteiger partial charge in [-0.1, -0.05) is 0 Å². The van der Waals surface area contributed by atoms with E-state index in [0.29, 0.717) is 0 Å². The van der Waals surface area contributed by atoms with Crippen LogP contribution in [-0.4, -0.2) is 54.6 Å². The Labute approximate surface area is 122 Å². The van der Waals surface area contributed by atoms with Crippen LogP contribution in [0.2, 0.25) is 0 Å². The summed E-state index contributed by atoms with van der Waals surface area (Å²) in [5, 5.41) is 4.77. The first-order valence-corrected chi connectivity index (χ1v) is 8.04. The van der Waals surface area contributed by atoms with Gasteiger partial charge in [-0.2, -0.15) is 0 Å². The fraction of sp³-hybridized carbons (Fsp3) is 0.571. The zero-order valence-electron chi connectivity index (χ0n) is 11.7. The topological polar surface area (TPSA) is 44.3 Å². The number of piperazine rings is 1. The zero-order valence-corrected chi connectivity index (χ0v) is 12.5. The highest BCUT2D eigenvalue weighted by atomic mass is 32.1. The first kappa shape index (κ1) is 12.5. The largest absolute Gasteiger partial charge is 0.353 e. The molecule has 0 amide bonds. The Kier molecular flexibility index (Phi) is 3.09. The molecule has 0 radical (unpaired) electrons. The highest BCUT2D eigenvalue weighted by Crippen LogP contribution is 2.36. The third-order valence-corrected chi connectivity index (χ3v) is 5.43. The quantitative estimate of drug-likeness (QED) is 0.851. The lowest BCUT2D eigenvalue weighted by Gasteiger charge is -2.33. The second kappa shape index (κ2) is 4.95. The molecule has 1 fully saturated rings. The molecule has 20 heavy (non-hydrogen) atoms. The molecule has 5 nitrogen and oxygen atoms in total. The normalized spacial score (nSPS) is 20.4. The number of rotatable bonds is 1. The van der Waals surface area contributed by atoms with Gasteiger partial charge in [0.15, 0.2) is 0 Å². The van der Waals surface area contributed by atoms with E-state index in [9.17, 15) is 0 Å². The fourth-order valence-electron chi connectivity index (χ4n) is 3.10. The summed E-state index contributed by atoms with van der Waals surface area (Å²) in [6.45, 7) is 6.39. The maximum atomic E-state index is 4.62. The summed E-state index contributed by atoms with van der Waals surface area (Å²) in [7, 11) is 2.19. The molecule has 4 heterocycles. The van der Waals surface area contributed by atoms with E-state index in [1.54, 1.807) is 6.33 Å². The summed E-state index contributed by atoms with van der Waals surface area (Å²) in [5.74, 6) is 1.16. The van der Waals surface area contributed by atoms with E-state index in [2.05, 4.69) is 32.1 Å². The Morgan fingerprint density at radius 3 is 2.90 bits per heavy atom. The molecule has 1 saturated heterocycles. The second-order valence-corrected chi connectivity index (χ2v) is 6.68. The lowest BCUT2D eigenvalue weighted by Crippen LogP contribution is -2.45. The van der Waals surface area contributed by atoms with Crippen molar-refractivity contribution in [1.82, 2.24) is 20.2 Å². The molecule has 2 aliphatic heterocycles. The van der Waals surface area contributed by atoms with Crippen LogP contribution in [0.4, 0.5) is 5.82 Å². The summed E-state index contributed by atoms with van der Waals surface area (Å²) in [5.41, 5.74) is 1.48. The van der Waals surface area contributed by atoms with Crippen molar-refractivity contribution in [3.05, 3.63) is 16.8 Å². The number of hydrogen-bond acceptors (Lipinski definition) is 6. The Bertz CT molecular complexity index is 630. The molecule has 106 valence electrons. The number of anilines is 1. The third kappa shape index (κ3) is 1.99. The molecule has 0 spiro atoms. The summed E-state index contributed by atoms with van der Waals surface area (Å²) in [6, 6.07) is 0. The molecule has 0 aromatic carbocycles. The Balaban J connectivity index is 1.80. The molecule has 0 saturated carbocycles. The van der Waals surface area contributed by atoms with Crippen molar-refractivity contribution in [2.45, 2.75) is 13.0 Å². The minimum atomic E-state index is 0.985. The Morgan fingerprint density at radius 1 is 1.20 bits per heavy atom.